The molecule has 0 radical (unpaired) electrons. The Morgan fingerprint density at radius 1 is 1.05 bits per heavy atom. The van der Waals surface area contributed by atoms with Gasteiger partial charge in [0.25, 0.3) is 0 Å². The lowest BCUT2D eigenvalue weighted by atomic mass is 9.84. The average Bonchev–Trinajstić information content (AvgIpc) is 2.21. The summed E-state index contributed by atoms with van der Waals surface area (Å²) in [4.78, 5) is 0. The third-order valence-electron chi connectivity index (χ3n) is 3.64. The van der Waals surface area contributed by atoms with E-state index in [2.05, 4.69) is 65.9 Å². The first kappa shape index (κ1) is 16.2. The predicted octanol–water partition coefficient (Wildman–Crippen LogP) is 4.57. The Morgan fingerprint density at radius 2 is 1.58 bits per heavy atom. The fourth-order valence-electron chi connectivity index (χ4n) is 3.02. The van der Waals surface area contributed by atoms with Gasteiger partial charge in [-0.2, -0.15) is 0 Å². The Labute approximate surface area is 119 Å². The second-order valence-electron chi connectivity index (χ2n) is 7.10. The molecule has 0 aliphatic rings. The van der Waals surface area contributed by atoms with Crippen LogP contribution >= 0.6 is 0 Å². The zero-order valence-electron chi connectivity index (χ0n) is 13.9. The number of rotatable bonds is 5. The van der Waals surface area contributed by atoms with Gasteiger partial charge in [0.05, 0.1) is 0 Å². The molecule has 19 heavy (non-hydrogen) atoms. The Balaban J connectivity index is 2.90. The van der Waals surface area contributed by atoms with Gasteiger partial charge in [-0.1, -0.05) is 45.4 Å². The molecule has 0 bridgehead atoms. The van der Waals surface area contributed by atoms with Crippen LogP contribution in [0.15, 0.2) is 12.1 Å². The zero-order chi connectivity index (χ0) is 14.6. The number of hydrogen-bond acceptors (Lipinski definition) is 1. The highest BCUT2D eigenvalue weighted by atomic mass is 14.9. The molecule has 0 heterocycles. The van der Waals surface area contributed by atoms with Crippen LogP contribution in [0.1, 0.15) is 56.4 Å². The van der Waals surface area contributed by atoms with Gasteiger partial charge in [-0.3, -0.25) is 0 Å². The zero-order valence-corrected chi connectivity index (χ0v) is 13.9. The SMILES string of the molecule is CCNC(Cc1c(C)cc(C)cc1C)CC(C)(C)C. The summed E-state index contributed by atoms with van der Waals surface area (Å²) in [5.74, 6) is 0. The normalized spacial score (nSPS) is 13.6. The van der Waals surface area contributed by atoms with Crippen LogP contribution in [0.3, 0.4) is 0 Å². The highest BCUT2D eigenvalue weighted by Crippen LogP contribution is 2.25. The van der Waals surface area contributed by atoms with E-state index < -0.39 is 0 Å². The molecule has 1 aromatic carbocycles. The van der Waals surface area contributed by atoms with Gasteiger partial charge >= 0.3 is 0 Å². The van der Waals surface area contributed by atoms with Crippen LogP contribution in [0.5, 0.6) is 0 Å². The van der Waals surface area contributed by atoms with Gasteiger partial charge in [-0.25, -0.2) is 0 Å². The van der Waals surface area contributed by atoms with Gasteiger partial charge in [0.1, 0.15) is 0 Å². The van der Waals surface area contributed by atoms with Crippen molar-refractivity contribution in [3.8, 4) is 0 Å². The molecule has 1 aromatic rings. The molecule has 0 saturated carbocycles. The molecule has 108 valence electrons. The maximum Gasteiger partial charge on any atom is 0.0112 e. The minimum Gasteiger partial charge on any atom is -0.314 e. The second-order valence-corrected chi connectivity index (χ2v) is 7.10. The van der Waals surface area contributed by atoms with Gasteiger partial charge in [-0.05, 0) is 62.3 Å². The maximum atomic E-state index is 3.66. The largest absolute Gasteiger partial charge is 0.314 e. The predicted molar refractivity (Wildman–Crippen MR) is 85.9 cm³/mol. The van der Waals surface area contributed by atoms with E-state index in [-0.39, 0.29) is 0 Å². The number of likely N-dealkylation sites (N-methyl/N-ethyl adjacent to an activating group) is 1. The molecule has 1 N–H and O–H groups in total. The molecular weight excluding hydrogens is 230 g/mol. The molecule has 1 rings (SSSR count). The summed E-state index contributed by atoms with van der Waals surface area (Å²) in [7, 11) is 0. The first-order valence-corrected chi connectivity index (χ1v) is 7.53. The summed E-state index contributed by atoms with van der Waals surface area (Å²) in [6.45, 7) is 16.9. The van der Waals surface area contributed by atoms with Crippen LogP contribution in [0.4, 0.5) is 0 Å². The van der Waals surface area contributed by atoms with Crippen LogP contribution in [-0.4, -0.2) is 12.6 Å². The fourth-order valence-corrected chi connectivity index (χ4v) is 3.02. The summed E-state index contributed by atoms with van der Waals surface area (Å²) >= 11 is 0. The van der Waals surface area contributed by atoms with Crippen molar-refractivity contribution in [1.29, 1.82) is 0 Å². The highest BCUT2D eigenvalue weighted by molar-refractivity contribution is 5.38. The van der Waals surface area contributed by atoms with Crippen LogP contribution < -0.4 is 5.32 Å². The quantitative estimate of drug-likeness (QED) is 0.819. The molecule has 0 fully saturated rings. The molecule has 1 unspecified atom stereocenters. The van der Waals surface area contributed by atoms with Crippen LogP contribution in [-0.2, 0) is 6.42 Å². The number of aryl methyl sites for hydroxylation is 3. The third-order valence-corrected chi connectivity index (χ3v) is 3.64. The molecule has 1 atom stereocenters. The van der Waals surface area contributed by atoms with E-state index in [0.717, 1.165) is 13.0 Å². The molecule has 0 saturated heterocycles. The van der Waals surface area contributed by atoms with Gasteiger partial charge < -0.3 is 5.32 Å². The summed E-state index contributed by atoms with van der Waals surface area (Å²) in [6.07, 6.45) is 2.36. The number of hydrogen-bond donors (Lipinski definition) is 1. The molecule has 0 spiro atoms. The molecule has 0 aromatic heterocycles. The van der Waals surface area contributed by atoms with Crippen LogP contribution in [0.2, 0.25) is 0 Å². The number of benzene rings is 1. The van der Waals surface area contributed by atoms with Crippen molar-refractivity contribution in [2.24, 2.45) is 5.41 Å². The average molecular weight is 261 g/mol. The third kappa shape index (κ3) is 5.36. The van der Waals surface area contributed by atoms with Gasteiger partial charge in [0.15, 0.2) is 0 Å². The van der Waals surface area contributed by atoms with E-state index in [4.69, 9.17) is 0 Å². The lowest BCUT2D eigenvalue weighted by Gasteiger charge is -2.28. The Morgan fingerprint density at radius 3 is 2.00 bits per heavy atom. The monoisotopic (exact) mass is 261 g/mol. The van der Waals surface area contributed by atoms with Crippen molar-refractivity contribution in [1.82, 2.24) is 5.32 Å². The smallest absolute Gasteiger partial charge is 0.0112 e. The van der Waals surface area contributed by atoms with E-state index in [1.807, 2.05) is 0 Å². The fraction of sp³-hybridized carbons (Fsp3) is 0.667. The summed E-state index contributed by atoms with van der Waals surface area (Å²) in [5.41, 5.74) is 6.15. The van der Waals surface area contributed by atoms with E-state index in [1.54, 1.807) is 0 Å². The van der Waals surface area contributed by atoms with Crippen LogP contribution in [0, 0.1) is 26.2 Å². The Hall–Kier alpha value is -0.820. The van der Waals surface area contributed by atoms with E-state index in [0.29, 0.717) is 11.5 Å². The highest BCUT2D eigenvalue weighted by Gasteiger charge is 2.19. The lowest BCUT2D eigenvalue weighted by molar-refractivity contribution is 0.309. The molecule has 0 aliphatic heterocycles. The lowest BCUT2D eigenvalue weighted by Crippen LogP contribution is -2.35. The minimum absolute atomic E-state index is 0.374. The molecule has 1 nitrogen and oxygen atoms in total. The van der Waals surface area contributed by atoms with E-state index in [9.17, 15) is 0 Å². The van der Waals surface area contributed by atoms with Gasteiger partial charge in [-0.15, -0.1) is 0 Å². The topological polar surface area (TPSA) is 12.0 Å². The number of nitrogens with one attached hydrogen (secondary N) is 1. The van der Waals surface area contributed by atoms with Crippen molar-refractivity contribution in [2.45, 2.75) is 67.3 Å². The maximum absolute atomic E-state index is 3.66. The van der Waals surface area contributed by atoms with Crippen molar-refractivity contribution in [3.05, 3.63) is 34.4 Å². The summed E-state index contributed by atoms with van der Waals surface area (Å²) in [5, 5.41) is 3.66. The minimum atomic E-state index is 0.374. The second kappa shape index (κ2) is 6.56. The van der Waals surface area contributed by atoms with Crippen molar-refractivity contribution < 1.29 is 0 Å². The van der Waals surface area contributed by atoms with Crippen LogP contribution in [0.25, 0.3) is 0 Å². The van der Waals surface area contributed by atoms with E-state index in [1.165, 1.54) is 28.7 Å². The Kier molecular flexibility index (Phi) is 5.61. The Bertz CT molecular complexity index is 389. The standard InChI is InChI=1S/C18H31N/c1-8-19-16(12-18(5,6)7)11-17-14(3)9-13(2)10-15(17)4/h9-10,16,19H,8,11-12H2,1-7H3. The first-order chi connectivity index (χ1) is 8.73. The van der Waals surface area contributed by atoms with Crippen molar-refractivity contribution in [3.63, 3.8) is 0 Å². The van der Waals surface area contributed by atoms with Crippen molar-refractivity contribution >= 4 is 0 Å². The molecule has 1 heteroatoms. The van der Waals surface area contributed by atoms with Gasteiger partial charge in [0, 0.05) is 6.04 Å². The van der Waals surface area contributed by atoms with Gasteiger partial charge in [0.2, 0.25) is 0 Å². The summed E-state index contributed by atoms with van der Waals surface area (Å²) in [6, 6.07) is 5.19. The van der Waals surface area contributed by atoms with E-state index >= 15 is 0 Å². The molecule has 0 aliphatic carbocycles. The van der Waals surface area contributed by atoms with Crippen molar-refractivity contribution in [2.75, 3.05) is 6.54 Å². The molecule has 0 amide bonds. The first-order valence-electron chi connectivity index (χ1n) is 7.53. The molecular formula is C18H31N. The summed E-state index contributed by atoms with van der Waals surface area (Å²) < 4.78 is 0.